The van der Waals surface area contributed by atoms with E-state index in [9.17, 15) is 14.4 Å². The van der Waals surface area contributed by atoms with Crippen LogP contribution in [-0.4, -0.2) is 45.5 Å². The zero-order valence-corrected chi connectivity index (χ0v) is 13.9. The molecule has 2 fully saturated rings. The lowest BCUT2D eigenvalue weighted by molar-refractivity contribution is -0.128. The van der Waals surface area contributed by atoms with Crippen LogP contribution in [0.3, 0.4) is 0 Å². The van der Waals surface area contributed by atoms with Crippen LogP contribution in [-0.2, 0) is 16.6 Å². The number of aromatic nitrogens is 2. The molecule has 7 nitrogen and oxygen atoms in total. The SMILES string of the molecule is Cn1nc(C(=O)N2CCC3(CC(=O)NC3=O)C2)cc1-c1cccs1. The number of hydrogen-bond acceptors (Lipinski definition) is 5. The van der Waals surface area contributed by atoms with Crippen LogP contribution in [0.1, 0.15) is 23.3 Å². The number of carbonyl (C=O) groups is 3. The molecule has 1 unspecified atom stereocenters. The van der Waals surface area contributed by atoms with Crippen LogP contribution in [0.25, 0.3) is 10.6 Å². The van der Waals surface area contributed by atoms with Crippen molar-refractivity contribution in [2.24, 2.45) is 12.5 Å². The number of hydrogen-bond donors (Lipinski definition) is 1. The minimum Gasteiger partial charge on any atom is -0.336 e. The van der Waals surface area contributed by atoms with E-state index in [0.717, 1.165) is 10.6 Å². The van der Waals surface area contributed by atoms with E-state index in [-0.39, 0.29) is 30.7 Å². The van der Waals surface area contributed by atoms with Gasteiger partial charge < -0.3 is 4.90 Å². The van der Waals surface area contributed by atoms with E-state index in [1.54, 1.807) is 34.0 Å². The number of thiophene rings is 1. The first kappa shape index (κ1) is 15.1. The van der Waals surface area contributed by atoms with Gasteiger partial charge in [0.25, 0.3) is 5.91 Å². The van der Waals surface area contributed by atoms with Crippen LogP contribution in [0.4, 0.5) is 0 Å². The molecule has 1 atom stereocenters. The average molecular weight is 344 g/mol. The zero-order valence-electron chi connectivity index (χ0n) is 13.1. The molecule has 124 valence electrons. The molecule has 1 N–H and O–H groups in total. The van der Waals surface area contributed by atoms with Crippen molar-refractivity contribution in [2.75, 3.05) is 13.1 Å². The van der Waals surface area contributed by atoms with Gasteiger partial charge in [-0.1, -0.05) is 6.07 Å². The van der Waals surface area contributed by atoms with Crippen molar-refractivity contribution < 1.29 is 14.4 Å². The fraction of sp³-hybridized carbons (Fsp3) is 0.375. The van der Waals surface area contributed by atoms with Gasteiger partial charge in [-0.15, -0.1) is 11.3 Å². The molecule has 2 saturated heterocycles. The first-order chi connectivity index (χ1) is 11.5. The number of imide groups is 1. The van der Waals surface area contributed by atoms with Crippen LogP contribution in [0.5, 0.6) is 0 Å². The number of carbonyl (C=O) groups excluding carboxylic acids is 3. The Morgan fingerprint density at radius 3 is 2.92 bits per heavy atom. The molecule has 0 aliphatic carbocycles. The first-order valence-electron chi connectivity index (χ1n) is 7.70. The summed E-state index contributed by atoms with van der Waals surface area (Å²) in [7, 11) is 1.81. The molecule has 0 radical (unpaired) electrons. The summed E-state index contributed by atoms with van der Waals surface area (Å²) in [6.45, 7) is 0.735. The normalized spacial score (nSPS) is 23.3. The molecule has 4 heterocycles. The van der Waals surface area contributed by atoms with Gasteiger partial charge in [0.1, 0.15) is 0 Å². The van der Waals surface area contributed by atoms with E-state index in [0.29, 0.717) is 18.7 Å². The average Bonchev–Trinajstić information content (AvgIpc) is 3.28. The molecule has 1 spiro atoms. The maximum atomic E-state index is 12.7. The van der Waals surface area contributed by atoms with Crippen molar-refractivity contribution in [3.05, 3.63) is 29.3 Å². The highest BCUT2D eigenvalue weighted by atomic mass is 32.1. The van der Waals surface area contributed by atoms with Crippen LogP contribution < -0.4 is 5.32 Å². The van der Waals surface area contributed by atoms with Crippen LogP contribution >= 0.6 is 11.3 Å². The van der Waals surface area contributed by atoms with E-state index in [1.165, 1.54) is 0 Å². The van der Waals surface area contributed by atoms with E-state index < -0.39 is 5.41 Å². The summed E-state index contributed by atoms with van der Waals surface area (Å²) in [6, 6.07) is 5.71. The third-order valence-electron chi connectivity index (χ3n) is 4.75. The number of nitrogens with zero attached hydrogens (tertiary/aromatic N) is 3. The van der Waals surface area contributed by atoms with Crippen LogP contribution in [0.2, 0.25) is 0 Å². The molecular weight excluding hydrogens is 328 g/mol. The molecule has 24 heavy (non-hydrogen) atoms. The van der Waals surface area contributed by atoms with Gasteiger partial charge in [-0.3, -0.25) is 24.4 Å². The Bertz CT molecular complexity index is 842. The highest BCUT2D eigenvalue weighted by molar-refractivity contribution is 7.13. The van der Waals surface area contributed by atoms with Crippen LogP contribution in [0, 0.1) is 5.41 Å². The molecule has 4 rings (SSSR count). The van der Waals surface area contributed by atoms with Gasteiger partial charge in [-0.2, -0.15) is 5.10 Å². The second-order valence-electron chi connectivity index (χ2n) is 6.33. The summed E-state index contributed by atoms with van der Waals surface area (Å²) in [5, 5.41) is 8.65. The molecule has 8 heteroatoms. The minimum atomic E-state index is -0.752. The molecule has 2 aliphatic heterocycles. The summed E-state index contributed by atoms with van der Waals surface area (Å²) in [4.78, 5) is 38.9. The van der Waals surface area contributed by atoms with Gasteiger partial charge in [0, 0.05) is 26.6 Å². The minimum absolute atomic E-state index is 0.165. The van der Waals surface area contributed by atoms with Gasteiger partial charge in [0.05, 0.1) is 16.0 Å². The summed E-state index contributed by atoms with van der Waals surface area (Å²) in [5.41, 5.74) is 0.497. The monoisotopic (exact) mass is 344 g/mol. The second kappa shape index (κ2) is 5.27. The molecule has 3 amide bonds. The summed E-state index contributed by atoms with van der Waals surface area (Å²) in [5.74, 6) is -0.715. The highest BCUT2D eigenvalue weighted by Gasteiger charge is 2.52. The number of likely N-dealkylation sites (tertiary alicyclic amines) is 1. The highest BCUT2D eigenvalue weighted by Crippen LogP contribution is 2.38. The van der Waals surface area contributed by atoms with Crippen molar-refractivity contribution in [3.63, 3.8) is 0 Å². The smallest absolute Gasteiger partial charge is 0.274 e. The van der Waals surface area contributed by atoms with Crippen molar-refractivity contribution in [1.82, 2.24) is 20.0 Å². The Labute approximate surface area is 142 Å². The Morgan fingerprint density at radius 2 is 2.25 bits per heavy atom. The largest absolute Gasteiger partial charge is 0.336 e. The fourth-order valence-electron chi connectivity index (χ4n) is 3.46. The van der Waals surface area contributed by atoms with Gasteiger partial charge in [0.2, 0.25) is 11.8 Å². The lowest BCUT2D eigenvalue weighted by atomic mass is 9.85. The Balaban J connectivity index is 1.56. The summed E-state index contributed by atoms with van der Waals surface area (Å²) in [6.07, 6.45) is 0.680. The van der Waals surface area contributed by atoms with Crippen molar-refractivity contribution in [3.8, 4) is 10.6 Å². The van der Waals surface area contributed by atoms with Gasteiger partial charge in [-0.05, 0) is 23.9 Å². The predicted molar refractivity (Wildman–Crippen MR) is 87.2 cm³/mol. The number of amides is 3. The topological polar surface area (TPSA) is 84.3 Å². The number of aryl methyl sites for hydroxylation is 1. The first-order valence-corrected chi connectivity index (χ1v) is 8.58. The lowest BCUT2D eigenvalue weighted by Gasteiger charge is -2.19. The molecule has 2 aromatic heterocycles. The molecule has 2 aliphatic rings. The second-order valence-corrected chi connectivity index (χ2v) is 7.27. The van der Waals surface area contributed by atoms with Crippen molar-refractivity contribution in [2.45, 2.75) is 12.8 Å². The fourth-order valence-corrected chi connectivity index (χ4v) is 4.23. The third kappa shape index (κ3) is 2.25. The van der Waals surface area contributed by atoms with E-state index in [2.05, 4.69) is 10.4 Å². The van der Waals surface area contributed by atoms with E-state index in [1.807, 2.05) is 17.5 Å². The van der Waals surface area contributed by atoms with Gasteiger partial charge in [-0.25, -0.2) is 0 Å². The summed E-state index contributed by atoms with van der Waals surface area (Å²) >= 11 is 1.59. The number of rotatable bonds is 2. The van der Waals surface area contributed by atoms with E-state index >= 15 is 0 Å². The van der Waals surface area contributed by atoms with Crippen molar-refractivity contribution >= 4 is 29.1 Å². The third-order valence-corrected chi connectivity index (χ3v) is 5.64. The predicted octanol–water partition coefficient (Wildman–Crippen LogP) is 1.03. The quantitative estimate of drug-likeness (QED) is 0.825. The summed E-state index contributed by atoms with van der Waals surface area (Å²) < 4.78 is 1.69. The Kier molecular flexibility index (Phi) is 3.31. The number of nitrogens with one attached hydrogen (secondary N) is 1. The molecule has 0 aromatic carbocycles. The zero-order chi connectivity index (χ0) is 16.9. The molecule has 0 bridgehead atoms. The Hall–Kier alpha value is -2.48. The lowest BCUT2D eigenvalue weighted by Crippen LogP contribution is -2.36. The van der Waals surface area contributed by atoms with Crippen molar-refractivity contribution in [1.29, 1.82) is 0 Å². The molecule has 2 aromatic rings. The Morgan fingerprint density at radius 1 is 1.42 bits per heavy atom. The van der Waals surface area contributed by atoms with Crippen LogP contribution in [0.15, 0.2) is 23.6 Å². The standard InChI is InChI=1S/C16H16N4O3S/c1-19-11(12-3-2-6-24-12)7-10(18-19)14(22)20-5-4-16(9-20)8-13(21)17-15(16)23/h2-3,6-7H,4-5,8-9H2,1H3,(H,17,21,23). The van der Waals surface area contributed by atoms with E-state index in [4.69, 9.17) is 0 Å². The van der Waals surface area contributed by atoms with Gasteiger partial charge >= 0.3 is 0 Å². The maximum absolute atomic E-state index is 12.7. The molecular formula is C16H16N4O3S. The maximum Gasteiger partial charge on any atom is 0.274 e. The molecule has 0 saturated carbocycles. The van der Waals surface area contributed by atoms with Gasteiger partial charge in [0.15, 0.2) is 5.69 Å².